The number of aliphatic carboxylic acids is 2. The molecule has 1 aliphatic heterocycles. The zero-order valence-electron chi connectivity index (χ0n) is 23.1. The summed E-state index contributed by atoms with van der Waals surface area (Å²) in [5.41, 5.74) is 0. The standard InChI is InChI=1S/C23H39N3O12.2Na/c1-2-3-4-5-6-12(21(35)25-13(23(36)37)7-10-17(30)31)24-15(28)8-9-16(29)26-22-20(34)19(33)18(32)14(11-27)38-22;;/h12-14,18-20,22,27,32-34H,2-11H2,1H3,(H,24,28)(H,25,35)(H,26,29)(H,30,31)(H,36,37);;/q;2*+1/p-2/t12-,13-,14+,18+,19-,20+,22+;;/m0../s1. The molecule has 1 fully saturated rings. The van der Waals surface area contributed by atoms with Gasteiger partial charge in [-0.05, 0) is 37.5 Å². The zero-order chi connectivity index (χ0) is 28.8. The van der Waals surface area contributed by atoms with Gasteiger partial charge >= 0.3 is 71.1 Å². The van der Waals surface area contributed by atoms with Gasteiger partial charge in [-0.15, -0.1) is 0 Å². The molecule has 1 rings (SSSR count). The van der Waals surface area contributed by atoms with Crippen LogP contribution in [0.5, 0.6) is 0 Å². The van der Waals surface area contributed by atoms with E-state index in [9.17, 15) is 50.1 Å². The van der Waals surface area contributed by atoms with E-state index in [0.717, 1.165) is 19.3 Å². The second kappa shape index (κ2) is 21.8. The van der Waals surface area contributed by atoms with E-state index >= 15 is 0 Å². The molecule has 0 spiro atoms. The first-order chi connectivity index (χ1) is 17.9. The molecule has 0 saturated carbocycles. The summed E-state index contributed by atoms with van der Waals surface area (Å²) in [5, 5.41) is 83.6. The number of amides is 1. The quantitative estimate of drug-likeness (QED) is 0.0359. The van der Waals surface area contributed by atoms with Crippen molar-refractivity contribution in [1.29, 1.82) is 0 Å². The van der Waals surface area contributed by atoms with Crippen LogP contribution >= 0.6 is 0 Å². The summed E-state index contributed by atoms with van der Waals surface area (Å²) in [6.07, 6.45) is -6.60. The van der Waals surface area contributed by atoms with Crippen molar-refractivity contribution in [2.75, 3.05) is 6.61 Å². The zero-order valence-corrected chi connectivity index (χ0v) is 27.1. The topological polar surface area (TPSA) is 265 Å². The minimum Gasteiger partial charge on any atom is -0.862 e. The predicted octanol–water partition coefficient (Wildman–Crippen LogP) is -9.13. The molecule has 1 amide bonds. The van der Waals surface area contributed by atoms with E-state index in [-0.39, 0.29) is 72.0 Å². The summed E-state index contributed by atoms with van der Waals surface area (Å²) in [5.74, 6) is -5.27. The molecule has 218 valence electrons. The SMILES string of the molecule is CCCCCC[C@H](N=C([O-])CCC([O-])=N[C@@H]1O[C@H](CO)[C@@H](O)[C@H](O)[C@H]1O)C(=O)N[C@@H](CCC(=O)O)C(=O)O.[Na+].[Na+]. The number of carboxylic acid groups (broad SMARTS) is 2. The van der Waals surface area contributed by atoms with Gasteiger partial charge in [0.1, 0.15) is 36.5 Å². The van der Waals surface area contributed by atoms with Gasteiger partial charge < -0.3 is 50.9 Å². The van der Waals surface area contributed by atoms with Gasteiger partial charge in [-0.25, -0.2) is 4.79 Å². The molecular formula is C23H37N3Na2O12. The molecule has 1 aliphatic rings. The van der Waals surface area contributed by atoms with Gasteiger partial charge in [-0.2, -0.15) is 0 Å². The number of rotatable bonds is 17. The number of aliphatic imine (C=N–C) groups is 2. The molecule has 0 aromatic rings. The first-order valence-electron chi connectivity index (χ1n) is 12.4. The van der Waals surface area contributed by atoms with Crippen molar-refractivity contribution in [3.05, 3.63) is 0 Å². The summed E-state index contributed by atoms with van der Waals surface area (Å²) in [7, 11) is 0. The average Bonchev–Trinajstić information content (AvgIpc) is 2.86. The van der Waals surface area contributed by atoms with Crippen LogP contribution in [-0.2, 0) is 19.1 Å². The summed E-state index contributed by atoms with van der Waals surface area (Å²) in [6.45, 7) is 1.27. The van der Waals surface area contributed by atoms with Gasteiger partial charge in [0, 0.05) is 6.42 Å². The maximum absolute atomic E-state index is 12.7. The number of carboxylic acids is 2. The number of unbranched alkanes of at least 4 members (excludes halogenated alkanes) is 3. The normalized spacial score (nSPS) is 24.7. The maximum atomic E-state index is 12.7. The Bertz CT molecular complexity index is 846. The minimum atomic E-state index is -1.75. The van der Waals surface area contributed by atoms with Crippen molar-refractivity contribution in [3.63, 3.8) is 0 Å². The van der Waals surface area contributed by atoms with E-state index in [1.165, 1.54) is 0 Å². The van der Waals surface area contributed by atoms with Crippen LogP contribution in [0.2, 0.25) is 0 Å². The third-order valence-electron chi connectivity index (χ3n) is 5.89. The monoisotopic (exact) mass is 593 g/mol. The van der Waals surface area contributed by atoms with Crippen LogP contribution in [0.3, 0.4) is 0 Å². The molecule has 0 aromatic heterocycles. The molecule has 0 aromatic carbocycles. The average molecular weight is 594 g/mol. The Morgan fingerprint density at radius 2 is 1.52 bits per heavy atom. The fourth-order valence-electron chi connectivity index (χ4n) is 3.66. The number of aliphatic hydroxyl groups is 4. The Kier molecular flexibility index (Phi) is 22.5. The minimum absolute atomic E-state index is 0. The van der Waals surface area contributed by atoms with Crippen molar-refractivity contribution < 1.29 is 119 Å². The number of carbonyl (C=O) groups is 3. The summed E-state index contributed by atoms with van der Waals surface area (Å²) in [6, 6.07) is -2.73. The Labute approximate surface area is 276 Å². The molecule has 1 heterocycles. The van der Waals surface area contributed by atoms with Crippen molar-refractivity contribution in [2.45, 2.75) is 107 Å². The predicted molar refractivity (Wildman–Crippen MR) is 127 cm³/mol. The number of nitrogens with zero attached hydrogens (tertiary/aromatic N) is 2. The molecule has 40 heavy (non-hydrogen) atoms. The van der Waals surface area contributed by atoms with Crippen LogP contribution in [0, 0.1) is 0 Å². The van der Waals surface area contributed by atoms with Crippen molar-refractivity contribution in [2.24, 2.45) is 9.98 Å². The first kappa shape index (κ1) is 41.3. The second-order valence-corrected chi connectivity index (χ2v) is 8.96. The molecule has 0 bridgehead atoms. The first-order valence-corrected chi connectivity index (χ1v) is 12.4. The molecular weight excluding hydrogens is 556 g/mol. The van der Waals surface area contributed by atoms with Crippen LogP contribution in [0.1, 0.15) is 64.7 Å². The van der Waals surface area contributed by atoms with Crippen molar-refractivity contribution in [1.82, 2.24) is 5.32 Å². The van der Waals surface area contributed by atoms with Gasteiger partial charge in [-0.1, -0.05) is 32.6 Å². The van der Waals surface area contributed by atoms with Crippen molar-refractivity contribution in [3.8, 4) is 0 Å². The fourth-order valence-corrected chi connectivity index (χ4v) is 3.66. The summed E-state index contributed by atoms with van der Waals surface area (Å²) >= 11 is 0. The van der Waals surface area contributed by atoms with Gasteiger partial charge in [0.2, 0.25) is 5.91 Å². The number of hydrogen-bond donors (Lipinski definition) is 7. The molecule has 7 N–H and O–H groups in total. The molecule has 0 aliphatic carbocycles. The van der Waals surface area contributed by atoms with Gasteiger partial charge in [0.25, 0.3) is 0 Å². The molecule has 17 heteroatoms. The number of hydrogen-bond acceptors (Lipinski definition) is 12. The van der Waals surface area contributed by atoms with Crippen LogP contribution in [0.4, 0.5) is 0 Å². The fraction of sp³-hybridized carbons (Fsp3) is 0.783. The van der Waals surface area contributed by atoms with E-state index in [1.807, 2.05) is 6.92 Å². The Hall–Kier alpha value is -0.850. The smallest absolute Gasteiger partial charge is 0.862 e. The molecule has 1 saturated heterocycles. The summed E-state index contributed by atoms with van der Waals surface area (Å²) < 4.78 is 5.12. The van der Waals surface area contributed by atoms with E-state index in [0.29, 0.717) is 6.42 Å². The Morgan fingerprint density at radius 3 is 2.08 bits per heavy atom. The van der Waals surface area contributed by atoms with Gasteiger partial charge in [0.15, 0.2) is 6.23 Å². The van der Waals surface area contributed by atoms with E-state index in [1.54, 1.807) is 0 Å². The van der Waals surface area contributed by atoms with Crippen LogP contribution in [0.25, 0.3) is 0 Å². The maximum Gasteiger partial charge on any atom is 1.00 e. The molecule has 0 unspecified atom stereocenters. The molecule has 7 atom stereocenters. The van der Waals surface area contributed by atoms with Crippen LogP contribution < -0.4 is 74.6 Å². The van der Waals surface area contributed by atoms with E-state index in [2.05, 4.69) is 15.3 Å². The second-order valence-electron chi connectivity index (χ2n) is 8.96. The molecule has 0 radical (unpaired) electrons. The van der Waals surface area contributed by atoms with E-state index in [4.69, 9.17) is 9.84 Å². The van der Waals surface area contributed by atoms with Gasteiger partial charge in [0.05, 0.1) is 6.61 Å². The Morgan fingerprint density at radius 1 is 0.900 bits per heavy atom. The number of nitrogens with one attached hydrogen (secondary N) is 1. The molecule has 15 nitrogen and oxygen atoms in total. The van der Waals surface area contributed by atoms with E-state index < -0.39 is 98.2 Å². The number of ether oxygens (including phenoxy) is 1. The summed E-state index contributed by atoms with van der Waals surface area (Å²) in [4.78, 5) is 42.3. The largest absolute Gasteiger partial charge is 1.00 e. The third kappa shape index (κ3) is 14.9. The van der Waals surface area contributed by atoms with Crippen molar-refractivity contribution >= 4 is 29.6 Å². The van der Waals surface area contributed by atoms with Crippen LogP contribution in [0.15, 0.2) is 9.98 Å². The number of carbonyl (C=O) groups excluding carboxylic acids is 1. The third-order valence-corrected chi connectivity index (χ3v) is 5.89. The van der Waals surface area contributed by atoms with Crippen LogP contribution in [-0.4, -0.2) is 110 Å². The Balaban J connectivity index is 0. The number of aliphatic hydroxyl groups excluding tert-OH is 4. The van der Waals surface area contributed by atoms with Gasteiger partial charge in [-0.3, -0.25) is 19.6 Å².